The summed E-state index contributed by atoms with van der Waals surface area (Å²) in [6, 6.07) is 0.185. The van der Waals surface area contributed by atoms with Crippen molar-refractivity contribution in [1.29, 1.82) is 0 Å². The highest BCUT2D eigenvalue weighted by molar-refractivity contribution is 5.02. The van der Waals surface area contributed by atoms with Gasteiger partial charge in [0, 0.05) is 25.4 Å². The molecule has 1 aliphatic heterocycles. The largest absolute Gasteiger partial charge is 0.393 e. The first-order valence-electron chi connectivity index (χ1n) is 6.62. The van der Waals surface area contributed by atoms with Gasteiger partial charge in [0.05, 0.1) is 5.92 Å². The fraction of sp³-hybridized carbons (Fsp3) is 0.833. The number of aromatic nitrogens is 3. The number of hydrogen-bond acceptors (Lipinski definition) is 3. The lowest BCUT2D eigenvalue weighted by molar-refractivity contribution is -0.182. The standard InChI is InChI=1S/C12H19F3N4/c1-3-16-8(2)6-11-18-17-10-5-4-9(7-19(10)11)12(13,14)15/h8-9,16H,3-7H2,1-2H3. The van der Waals surface area contributed by atoms with Gasteiger partial charge in [-0.15, -0.1) is 10.2 Å². The van der Waals surface area contributed by atoms with Crippen LogP contribution in [0.1, 0.15) is 31.9 Å². The number of rotatable bonds is 4. The maximum Gasteiger partial charge on any atom is 0.393 e. The molecule has 0 spiro atoms. The van der Waals surface area contributed by atoms with Gasteiger partial charge in [-0.2, -0.15) is 13.2 Å². The van der Waals surface area contributed by atoms with Gasteiger partial charge < -0.3 is 9.88 Å². The normalized spacial score (nSPS) is 21.2. The van der Waals surface area contributed by atoms with Gasteiger partial charge >= 0.3 is 6.18 Å². The number of halogens is 3. The molecule has 4 nitrogen and oxygen atoms in total. The topological polar surface area (TPSA) is 42.7 Å². The molecule has 0 aromatic carbocycles. The van der Waals surface area contributed by atoms with Gasteiger partial charge in [-0.3, -0.25) is 0 Å². The number of nitrogens with one attached hydrogen (secondary N) is 1. The van der Waals surface area contributed by atoms with Crippen LogP contribution in [0, 0.1) is 5.92 Å². The summed E-state index contributed by atoms with van der Waals surface area (Å²) < 4.78 is 40.0. The van der Waals surface area contributed by atoms with Gasteiger partial charge in [-0.25, -0.2) is 0 Å². The quantitative estimate of drug-likeness (QED) is 0.914. The zero-order chi connectivity index (χ0) is 14.0. The predicted molar refractivity (Wildman–Crippen MR) is 64.7 cm³/mol. The molecule has 0 amide bonds. The summed E-state index contributed by atoms with van der Waals surface area (Å²) in [6.45, 7) is 4.78. The lowest BCUT2D eigenvalue weighted by atomic mass is 9.98. The Morgan fingerprint density at radius 1 is 1.42 bits per heavy atom. The molecular weight excluding hydrogens is 257 g/mol. The monoisotopic (exact) mass is 276 g/mol. The van der Waals surface area contributed by atoms with Crippen molar-refractivity contribution in [2.24, 2.45) is 5.92 Å². The van der Waals surface area contributed by atoms with E-state index in [-0.39, 0.29) is 19.0 Å². The van der Waals surface area contributed by atoms with E-state index >= 15 is 0 Å². The van der Waals surface area contributed by atoms with Gasteiger partial charge in [-0.05, 0) is 19.9 Å². The molecule has 2 atom stereocenters. The SMILES string of the molecule is CCNC(C)Cc1nnc2n1CC(C(F)(F)F)CC2. The molecule has 1 N–H and O–H groups in total. The molecule has 108 valence electrons. The number of fused-ring (bicyclic) bond motifs is 1. The van der Waals surface area contributed by atoms with Crippen molar-refractivity contribution in [3.8, 4) is 0 Å². The van der Waals surface area contributed by atoms with Crippen LogP contribution in [0.4, 0.5) is 13.2 Å². The van der Waals surface area contributed by atoms with Crippen molar-refractivity contribution >= 4 is 0 Å². The molecule has 1 aromatic heterocycles. The molecule has 0 saturated heterocycles. The van der Waals surface area contributed by atoms with Crippen LogP contribution < -0.4 is 5.32 Å². The smallest absolute Gasteiger partial charge is 0.314 e. The van der Waals surface area contributed by atoms with E-state index in [0.29, 0.717) is 24.5 Å². The van der Waals surface area contributed by atoms with Gasteiger partial charge in [0.15, 0.2) is 0 Å². The van der Waals surface area contributed by atoms with Crippen LogP contribution in [-0.2, 0) is 19.4 Å². The van der Waals surface area contributed by atoms with Crippen molar-refractivity contribution in [3.63, 3.8) is 0 Å². The number of alkyl halides is 3. The molecule has 2 rings (SSSR count). The van der Waals surface area contributed by atoms with E-state index in [1.165, 1.54) is 0 Å². The van der Waals surface area contributed by atoms with Gasteiger partial charge in [0.1, 0.15) is 11.6 Å². The molecule has 2 heterocycles. The van der Waals surface area contributed by atoms with E-state index in [1.807, 2.05) is 13.8 Å². The van der Waals surface area contributed by atoms with E-state index in [9.17, 15) is 13.2 Å². The Labute approximate surface area is 110 Å². The molecule has 1 aliphatic rings. The van der Waals surface area contributed by atoms with Crippen molar-refractivity contribution < 1.29 is 13.2 Å². The summed E-state index contributed by atoms with van der Waals surface area (Å²) in [5.41, 5.74) is 0. The minimum Gasteiger partial charge on any atom is -0.314 e. The summed E-state index contributed by atoms with van der Waals surface area (Å²) in [7, 11) is 0. The minimum absolute atomic E-state index is 0.0417. The van der Waals surface area contributed by atoms with Gasteiger partial charge in [0.2, 0.25) is 0 Å². The summed E-state index contributed by atoms with van der Waals surface area (Å²) in [4.78, 5) is 0. The Morgan fingerprint density at radius 3 is 2.79 bits per heavy atom. The molecule has 1 aromatic rings. The molecule has 0 bridgehead atoms. The van der Waals surface area contributed by atoms with Crippen LogP contribution in [0.15, 0.2) is 0 Å². The van der Waals surface area contributed by atoms with E-state index in [2.05, 4.69) is 15.5 Å². The summed E-state index contributed by atoms with van der Waals surface area (Å²) in [6.07, 6.45) is -3.06. The maximum absolute atomic E-state index is 12.8. The van der Waals surface area contributed by atoms with Crippen LogP contribution in [0.3, 0.4) is 0 Å². The van der Waals surface area contributed by atoms with Crippen molar-refractivity contribution in [2.45, 2.75) is 51.9 Å². The summed E-state index contributed by atoms with van der Waals surface area (Å²) in [5, 5.41) is 11.3. The van der Waals surface area contributed by atoms with Crippen molar-refractivity contribution in [3.05, 3.63) is 11.6 Å². The molecule has 0 radical (unpaired) electrons. The fourth-order valence-electron chi connectivity index (χ4n) is 2.50. The second-order valence-electron chi connectivity index (χ2n) is 5.08. The van der Waals surface area contributed by atoms with Crippen molar-refractivity contribution in [1.82, 2.24) is 20.1 Å². The van der Waals surface area contributed by atoms with Crippen LogP contribution in [0.2, 0.25) is 0 Å². The lowest BCUT2D eigenvalue weighted by Crippen LogP contribution is -2.34. The second kappa shape index (κ2) is 5.48. The zero-order valence-corrected chi connectivity index (χ0v) is 11.2. The van der Waals surface area contributed by atoms with E-state index in [1.54, 1.807) is 4.57 Å². The third-order valence-electron chi connectivity index (χ3n) is 3.53. The van der Waals surface area contributed by atoms with Crippen LogP contribution in [0.25, 0.3) is 0 Å². The average molecular weight is 276 g/mol. The molecule has 7 heteroatoms. The van der Waals surface area contributed by atoms with Crippen LogP contribution in [-0.4, -0.2) is 33.5 Å². The van der Waals surface area contributed by atoms with Crippen LogP contribution >= 0.6 is 0 Å². The first-order valence-corrected chi connectivity index (χ1v) is 6.62. The maximum atomic E-state index is 12.8. The average Bonchev–Trinajstić information content (AvgIpc) is 2.71. The minimum atomic E-state index is -4.13. The van der Waals surface area contributed by atoms with Gasteiger partial charge in [0.25, 0.3) is 0 Å². The van der Waals surface area contributed by atoms with Crippen molar-refractivity contribution in [2.75, 3.05) is 6.54 Å². The van der Waals surface area contributed by atoms with E-state index < -0.39 is 12.1 Å². The zero-order valence-electron chi connectivity index (χ0n) is 11.2. The highest BCUT2D eigenvalue weighted by Crippen LogP contribution is 2.34. The second-order valence-corrected chi connectivity index (χ2v) is 5.08. The van der Waals surface area contributed by atoms with E-state index in [0.717, 1.165) is 6.54 Å². The molecule has 19 heavy (non-hydrogen) atoms. The Balaban J connectivity index is 2.11. The Morgan fingerprint density at radius 2 is 2.16 bits per heavy atom. The predicted octanol–water partition coefficient (Wildman–Crippen LogP) is 1.94. The Hall–Kier alpha value is -1.11. The molecule has 2 unspecified atom stereocenters. The third kappa shape index (κ3) is 3.26. The number of likely N-dealkylation sites (N-methyl/N-ethyl adjacent to an activating group) is 1. The molecule has 0 fully saturated rings. The Bertz CT molecular complexity index is 427. The first kappa shape index (κ1) is 14.3. The highest BCUT2D eigenvalue weighted by atomic mass is 19.4. The number of hydrogen-bond donors (Lipinski definition) is 1. The van der Waals surface area contributed by atoms with E-state index in [4.69, 9.17) is 0 Å². The molecule has 0 saturated carbocycles. The fourth-order valence-corrected chi connectivity index (χ4v) is 2.50. The van der Waals surface area contributed by atoms with Gasteiger partial charge in [-0.1, -0.05) is 6.92 Å². The third-order valence-corrected chi connectivity index (χ3v) is 3.53. The molecule has 0 aliphatic carbocycles. The number of nitrogens with zero attached hydrogens (tertiary/aromatic N) is 3. The number of aryl methyl sites for hydroxylation is 1. The lowest BCUT2D eigenvalue weighted by Gasteiger charge is -2.26. The molecular formula is C12H19F3N4. The summed E-state index contributed by atoms with van der Waals surface area (Å²) >= 11 is 0. The first-order chi connectivity index (χ1) is 8.91. The summed E-state index contributed by atoms with van der Waals surface area (Å²) in [5.74, 6) is 0.0563. The Kier molecular flexibility index (Phi) is 4.13. The highest BCUT2D eigenvalue weighted by Gasteiger charge is 2.42. The van der Waals surface area contributed by atoms with Crippen LogP contribution in [0.5, 0.6) is 0 Å².